The number of ether oxygens (including phenoxy) is 1. The fourth-order valence-corrected chi connectivity index (χ4v) is 4.51. The highest BCUT2D eigenvalue weighted by atomic mass is 32.2. The Bertz CT molecular complexity index is 925. The Kier molecular flexibility index (Phi) is 5.88. The number of rotatable bonds is 5. The maximum atomic E-state index is 13.8. The van der Waals surface area contributed by atoms with Crippen molar-refractivity contribution in [3.8, 4) is 0 Å². The predicted octanol–water partition coefficient (Wildman–Crippen LogP) is 2.12. The number of carbonyl (C=O) groups excluding carboxylic acids is 1. The molecule has 1 aliphatic heterocycles. The number of halogens is 1. The van der Waals surface area contributed by atoms with Crippen molar-refractivity contribution < 1.29 is 22.3 Å². The van der Waals surface area contributed by atoms with Crippen LogP contribution < -0.4 is 0 Å². The molecular formula is C19H21FN2O4S. The third-order valence-electron chi connectivity index (χ3n) is 4.58. The van der Waals surface area contributed by atoms with Crippen molar-refractivity contribution in [1.29, 1.82) is 0 Å². The molecule has 1 saturated heterocycles. The highest BCUT2D eigenvalue weighted by Crippen LogP contribution is 2.20. The number of hydrogen-bond acceptors (Lipinski definition) is 5. The molecule has 0 aromatic heterocycles. The molecule has 27 heavy (non-hydrogen) atoms. The fraction of sp³-hybridized carbons (Fsp3) is 0.316. The highest BCUT2D eigenvalue weighted by Gasteiger charge is 2.29. The van der Waals surface area contributed by atoms with Gasteiger partial charge in [0, 0.05) is 38.3 Å². The topological polar surface area (TPSA) is 66.9 Å². The third-order valence-corrected chi connectivity index (χ3v) is 6.47. The first-order valence-electron chi connectivity index (χ1n) is 8.56. The molecule has 1 fully saturated rings. The summed E-state index contributed by atoms with van der Waals surface area (Å²) in [5.74, 6) is -0.839. The molecule has 0 bridgehead atoms. The lowest BCUT2D eigenvalue weighted by Gasteiger charge is -2.34. The summed E-state index contributed by atoms with van der Waals surface area (Å²) in [6.07, 6.45) is 0. The lowest BCUT2D eigenvalue weighted by atomic mass is 10.2. The van der Waals surface area contributed by atoms with E-state index < -0.39 is 16.0 Å². The van der Waals surface area contributed by atoms with Crippen LogP contribution in [-0.4, -0.2) is 56.9 Å². The molecule has 144 valence electrons. The zero-order valence-electron chi connectivity index (χ0n) is 15.0. The number of piperazine rings is 1. The summed E-state index contributed by atoms with van der Waals surface area (Å²) in [6, 6.07) is 12.4. The van der Waals surface area contributed by atoms with E-state index in [1.165, 1.54) is 41.7 Å². The van der Waals surface area contributed by atoms with Gasteiger partial charge in [-0.3, -0.25) is 4.90 Å². The second-order valence-corrected chi connectivity index (χ2v) is 8.23. The van der Waals surface area contributed by atoms with Crippen molar-refractivity contribution in [3.63, 3.8) is 0 Å². The van der Waals surface area contributed by atoms with Crippen molar-refractivity contribution >= 4 is 16.0 Å². The average Bonchev–Trinajstić information content (AvgIpc) is 2.69. The number of esters is 1. The molecular weight excluding hydrogens is 371 g/mol. The Balaban J connectivity index is 1.68. The van der Waals surface area contributed by atoms with Crippen molar-refractivity contribution in [2.45, 2.75) is 11.4 Å². The number of carbonyl (C=O) groups is 1. The second-order valence-electron chi connectivity index (χ2n) is 6.29. The molecule has 1 heterocycles. The summed E-state index contributed by atoms with van der Waals surface area (Å²) >= 11 is 0. The van der Waals surface area contributed by atoms with E-state index in [1.54, 1.807) is 18.2 Å². The minimum Gasteiger partial charge on any atom is -0.465 e. The lowest BCUT2D eigenvalue weighted by Crippen LogP contribution is -2.48. The van der Waals surface area contributed by atoms with E-state index in [9.17, 15) is 17.6 Å². The Morgan fingerprint density at radius 2 is 1.78 bits per heavy atom. The minimum absolute atomic E-state index is 0.0629. The number of nitrogens with zero attached hydrogens (tertiary/aromatic N) is 2. The van der Waals surface area contributed by atoms with Gasteiger partial charge in [0.1, 0.15) is 5.82 Å². The van der Waals surface area contributed by atoms with Gasteiger partial charge in [-0.2, -0.15) is 4.31 Å². The van der Waals surface area contributed by atoms with E-state index >= 15 is 0 Å². The number of hydrogen-bond donors (Lipinski definition) is 0. The summed E-state index contributed by atoms with van der Waals surface area (Å²) in [4.78, 5) is 13.7. The summed E-state index contributed by atoms with van der Waals surface area (Å²) in [6.45, 7) is 2.06. The monoisotopic (exact) mass is 392 g/mol. The molecule has 0 saturated carbocycles. The first-order valence-corrected chi connectivity index (χ1v) is 10.00. The molecule has 2 aromatic carbocycles. The molecule has 0 unspecified atom stereocenters. The second kappa shape index (κ2) is 8.16. The van der Waals surface area contributed by atoms with E-state index in [-0.39, 0.29) is 16.3 Å². The Labute approximate surface area is 158 Å². The average molecular weight is 392 g/mol. The molecule has 0 aliphatic carbocycles. The van der Waals surface area contributed by atoms with Gasteiger partial charge in [-0.25, -0.2) is 17.6 Å². The van der Waals surface area contributed by atoms with Gasteiger partial charge in [-0.1, -0.05) is 24.3 Å². The summed E-state index contributed by atoms with van der Waals surface area (Å²) in [7, 11) is -2.46. The van der Waals surface area contributed by atoms with Crippen LogP contribution in [0, 0.1) is 5.82 Å². The third kappa shape index (κ3) is 4.35. The summed E-state index contributed by atoms with van der Waals surface area (Å²) in [5, 5.41) is 0. The van der Waals surface area contributed by atoms with Crippen molar-refractivity contribution in [1.82, 2.24) is 9.21 Å². The van der Waals surface area contributed by atoms with Crippen molar-refractivity contribution in [2.75, 3.05) is 33.3 Å². The predicted molar refractivity (Wildman–Crippen MR) is 98.2 cm³/mol. The largest absolute Gasteiger partial charge is 0.465 e. The van der Waals surface area contributed by atoms with Crippen LogP contribution in [-0.2, 0) is 21.3 Å². The summed E-state index contributed by atoms with van der Waals surface area (Å²) < 4.78 is 45.6. The standard InChI is InChI=1S/C19H21FN2O4S/c1-26-19(23)15-6-4-7-17(13-15)27(24,25)22-11-9-21(10-12-22)14-16-5-2-3-8-18(16)20/h2-8,13H,9-12,14H2,1H3. The van der Waals surface area contributed by atoms with Crippen molar-refractivity contribution in [2.24, 2.45) is 0 Å². The minimum atomic E-state index is -3.71. The van der Waals surface area contributed by atoms with Crippen LogP contribution >= 0.6 is 0 Å². The molecule has 0 atom stereocenters. The van der Waals surface area contributed by atoms with Gasteiger partial charge < -0.3 is 4.74 Å². The van der Waals surface area contributed by atoms with Gasteiger partial charge >= 0.3 is 5.97 Å². The number of sulfonamides is 1. The van der Waals surface area contributed by atoms with Crippen LogP contribution in [0.15, 0.2) is 53.4 Å². The molecule has 6 nitrogen and oxygen atoms in total. The molecule has 8 heteroatoms. The first kappa shape index (κ1) is 19.5. The zero-order chi connectivity index (χ0) is 19.4. The van der Waals surface area contributed by atoms with Gasteiger partial charge in [0.2, 0.25) is 10.0 Å². The van der Waals surface area contributed by atoms with E-state index in [0.29, 0.717) is 38.3 Å². The van der Waals surface area contributed by atoms with Crippen LogP contribution in [0.25, 0.3) is 0 Å². The van der Waals surface area contributed by atoms with E-state index in [1.807, 2.05) is 4.90 Å². The molecule has 1 aliphatic rings. The SMILES string of the molecule is COC(=O)c1cccc(S(=O)(=O)N2CCN(Cc3ccccc3F)CC2)c1. The Morgan fingerprint density at radius 1 is 1.07 bits per heavy atom. The molecule has 2 aromatic rings. The van der Waals surface area contributed by atoms with Gasteiger partial charge in [-0.15, -0.1) is 0 Å². The van der Waals surface area contributed by atoms with E-state index in [2.05, 4.69) is 4.74 Å². The molecule has 0 N–H and O–H groups in total. The molecule has 0 radical (unpaired) electrons. The number of benzene rings is 2. The van der Waals surface area contributed by atoms with E-state index in [0.717, 1.165) is 0 Å². The zero-order valence-corrected chi connectivity index (χ0v) is 15.8. The Morgan fingerprint density at radius 3 is 2.44 bits per heavy atom. The molecule has 0 amide bonds. The van der Waals surface area contributed by atoms with Crippen LogP contribution in [0.2, 0.25) is 0 Å². The van der Waals surface area contributed by atoms with Gasteiger partial charge in [0.05, 0.1) is 17.6 Å². The summed E-state index contributed by atoms with van der Waals surface area (Å²) in [5.41, 5.74) is 0.788. The van der Waals surface area contributed by atoms with Crippen LogP contribution in [0.5, 0.6) is 0 Å². The fourth-order valence-electron chi connectivity index (χ4n) is 3.05. The van der Waals surface area contributed by atoms with E-state index in [4.69, 9.17) is 0 Å². The van der Waals surface area contributed by atoms with Crippen LogP contribution in [0.1, 0.15) is 15.9 Å². The normalized spacial score (nSPS) is 16.2. The first-order chi connectivity index (χ1) is 12.9. The van der Waals surface area contributed by atoms with Crippen molar-refractivity contribution in [3.05, 3.63) is 65.5 Å². The van der Waals surface area contributed by atoms with Crippen LogP contribution in [0.4, 0.5) is 4.39 Å². The van der Waals surface area contributed by atoms with Gasteiger partial charge in [0.15, 0.2) is 0 Å². The molecule has 3 rings (SSSR count). The highest BCUT2D eigenvalue weighted by molar-refractivity contribution is 7.89. The quantitative estimate of drug-likeness (QED) is 0.730. The van der Waals surface area contributed by atoms with Gasteiger partial charge in [-0.05, 0) is 24.3 Å². The maximum Gasteiger partial charge on any atom is 0.337 e. The smallest absolute Gasteiger partial charge is 0.337 e. The lowest BCUT2D eigenvalue weighted by molar-refractivity contribution is 0.0600. The Hall–Kier alpha value is -2.29. The van der Waals surface area contributed by atoms with Crippen LogP contribution in [0.3, 0.4) is 0 Å². The molecule has 0 spiro atoms. The number of methoxy groups -OCH3 is 1. The van der Waals surface area contributed by atoms with Gasteiger partial charge in [0.25, 0.3) is 0 Å². The maximum absolute atomic E-state index is 13.8.